The van der Waals surface area contributed by atoms with Gasteiger partial charge in [0.1, 0.15) is 0 Å². The second-order valence-electron chi connectivity index (χ2n) is 10.9. The Labute approximate surface area is 218 Å². The highest BCUT2D eigenvalue weighted by Crippen LogP contribution is 2.41. The van der Waals surface area contributed by atoms with Crippen LogP contribution in [0.15, 0.2) is 46.2 Å². The Morgan fingerprint density at radius 2 is 1.08 bits per heavy atom. The van der Waals surface area contributed by atoms with Crippen molar-refractivity contribution in [3.05, 3.63) is 58.7 Å². The van der Waals surface area contributed by atoms with Gasteiger partial charge < -0.3 is 9.47 Å². The molecule has 0 N–H and O–H groups in total. The van der Waals surface area contributed by atoms with E-state index in [0.717, 1.165) is 54.9 Å². The van der Waals surface area contributed by atoms with Crippen LogP contribution in [0.1, 0.15) is 59.5 Å². The van der Waals surface area contributed by atoms with Crippen molar-refractivity contribution in [2.45, 2.75) is 55.0 Å². The molecule has 0 amide bonds. The Bertz CT molecular complexity index is 1070. The summed E-state index contributed by atoms with van der Waals surface area (Å²) in [4.78, 5) is 33.9. The smallest absolute Gasteiger partial charge is 0.182 e. The maximum absolute atomic E-state index is 13.6. The highest BCUT2D eigenvalue weighted by atomic mass is 32.2. The van der Waals surface area contributed by atoms with E-state index in [9.17, 15) is 9.59 Å². The van der Waals surface area contributed by atoms with Crippen LogP contribution in [0, 0.1) is 0 Å². The van der Waals surface area contributed by atoms with E-state index in [4.69, 9.17) is 9.47 Å². The lowest BCUT2D eigenvalue weighted by atomic mass is 9.88. The van der Waals surface area contributed by atoms with Crippen molar-refractivity contribution in [3.63, 3.8) is 0 Å². The number of fused-ring (bicyclic) bond motifs is 2. The molecule has 0 radical (unpaired) electrons. The molecule has 2 aromatic carbocycles. The number of hydrogen-bond donors (Lipinski definition) is 0. The summed E-state index contributed by atoms with van der Waals surface area (Å²) in [6, 6.07) is 12.2. The molecule has 0 atom stereocenters. The molecule has 2 aromatic rings. The van der Waals surface area contributed by atoms with Crippen molar-refractivity contribution in [3.8, 4) is 0 Å². The van der Waals surface area contributed by atoms with Crippen molar-refractivity contribution in [2.75, 3.05) is 52.6 Å². The molecular formula is C29H36N2O4S. The van der Waals surface area contributed by atoms with Crippen LogP contribution in [0.3, 0.4) is 0 Å². The summed E-state index contributed by atoms with van der Waals surface area (Å²) >= 11 is 1.72. The van der Waals surface area contributed by atoms with Crippen LogP contribution in [0.25, 0.3) is 0 Å². The van der Waals surface area contributed by atoms with Gasteiger partial charge in [-0.1, -0.05) is 23.9 Å². The quantitative estimate of drug-likeness (QED) is 0.460. The van der Waals surface area contributed by atoms with Gasteiger partial charge in [0, 0.05) is 47.1 Å². The average Bonchev–Trinajstić information content (AvgIpc) is 2.91. The number of benzene rings is 2. The van der Waals surface area contributed by atoms with Gasteiger partial charge >= 0.3 is 0 Å². The lowest BCUT2D eigenvalue weighted by molar-refractivity contribution is -0.00442. The molecule has 5 rings (SSSR count). The first-order valence-electron chi connectivity index (χ1n) is 12.9. The van der Waals surface area contributed by atoms with Gasteiger partial charge in [0.15, 0.2) is 11.6 Å². The predicted octanol–water partition coefficient (Wildman–Crippen LogP) is 4.33. The van der Waals surface area contributed by atoms with Crippen LogP contribution >= 0.6 is 11.8 Å². The first-order valence-corrected chi connectivity index (χ1v) is 13.7. The number of carbonyl (C=O) groups is 2. The van der Waals surface area contributed by atoms with E-state index in [-0.39, 0.29) is 11.6 Å². The van der Waals surface area contributed by atoms with Gasteiger partial charge in [-0.15, -0.1) is 0 Å². The lowest BCUT2D eigenvalue weighted by Gasteiger charge is -2.39. The van der Waals surface area contributed by atoms with Crippen molar-refractivity contribution in [1.29, 1.82) is 0 Å². The van der Waals surface area contributed by atoms with Gasteiger partial charge in [-0.25, -0.2) is 0 Å². The normalized spacial score (nSPS) is 19.4. The Morgan fingerprint density at radius 3 is 1.47 bits per heavy atom. The van der Waals surface area contributed by atoms with E-state index in [1.165, 1.54) is 9.79 Å². The van der Waals surface area contributed by atoms with Crippen LogP contribution in [-0.2, 0) is 15.9 Å². The van der Waals surface area contributed by atoms with Crippen molar-refractivity contribution in [1.82, 2.24) is 9.80 Å². The van der Waals surface area contributed by atoms with Crippen molar-refractivity contribution >= 4 is 23.3 Å². The highest BCUT2D eigenvalue weighted by molar-refractivity contribution is 7.99. The molecule has 2 saturated heterocycles. The van der Waals surface area contributed by atoms with Gasteiger partial charge in [0.25, 0.3) is 0 Å². The second-order valence-corrected chi connectivity index (χ2v) is 12.0. The summed E-state index contributed by atoms with van der Waals surface area (Å²) in [5.41, 5.74) is 2.62. The fraction of sp³-hybridized carbons (Fsp3) is 0.517. The molecule has 0 aliphatic carbocycles. The number of ketones is 2. The van der Waals surface area contributed by atoms with Crippen LogP contribution in [-0.4, -0.2) is 85.1 Å². The minimum Gasteiger partial charge on any atom is -0.379 e. The number of Topliss-reactive ketones (excluding diaryl/α,β-unsaturated/α-hetero) is 2. The zero-order valence-corrected chi connectivity index (χ0v) is 22.6. The van der Waals surface area contributed by atoms with Crippen LogP contribution < -0.4 is 0 Å². The minimum absolute atomic E-state index is 0.138. The number of morpholine rings is 2. The summed E-state index contributed by atoms with van der Waals surface area (Å²) < 4.78 is 11.0. The van der Waals surface area contributed by atoms with Crippen molar-refractivity contribution < 1.29 is 19.1 Å². The topological polar surface area (TPSA) is 59.1 Å². The third kappa shape index (κ3) is 4.79. The number of nitrogens with zero attached hydrogens (tertiary/aromatic N) is 2. The summed E-state index contributed by atoms with van der Waals surface area (Å²) in [6.07, 6.45) is 0.718. The minimum atomic E-state index is -0.581. The molecule has 7 heteroatoms. The molecule has 0 saturated carbocycles. The molecule has 3 aliphatic rings. The molecule has 0 spiro atoms. The third-order valence-electron chi connectivity index (χ3n) is 7.96. The molecular weight excluding hydrogens is 472 g/mol. The molecule has 3 aliphatic heterocycles. The average molecular weight is 509 g/mol. The van der Waals surface area contributed by atoms with E-state index in [2.05, 4.69) is 34.1 Å². The highest BCUT2D eigenvalue weighted by Gasteiger charge is 2.38. The van der Waals surface area contributed by atoms with Crippen LogP contribution in [0.5, 0.6) is 0 Å². The maximum atomic E-state index is 13.6. The lowest BCUT2D eigenvalue weighted by Crippen LogP contribution is -2.54. The SMILES string of the molecule is CC(C)(C(=O)c1ccc2c(c1)Cc1cc(C(=O)C(C)(C)N3CCOCC3)ccc1S2)N1CCOCC1. The Kier molecular flexibility index (Phi) is 7.13. The number of carbonyl (C=O) groups excluding carboxylic acids is 2. The van der Waals surface area contributed by atoms with Gasteiger partial charge in [-0.05, 0) is 69.5 Å². The molecule has 192 valence electrons. The molecule has 0 aromatic heterocycles. The van der Waals surface area contributed by atoms with Crippen LogP contribution in [0.2, 0.25) is 0 Å². The second kappa shape index (κ2) is 10.0. The largest absolute Gasteiger partial charge is 0.379 e. The van der Waals surface area contributed by atoms with E-state index in [1.807, 2.05) is 39.8 Å². The van der Waals surface area contributed by atoms with Gasteiger partial charge in [0.2, 0.25) is 0 Å². The fourth-order valence-electron chi connectivity index (χ4n) is 5.48. The monoisotopic (exact) mass is 508 g/mol. The molecule has 6 nitrogen and oxygen atoms in total. The van der Waals surface area contributed by atoms with E-state index in [1.54, 1.807) is 11.8 Å². The summed E-state index contributed by atoms with van der Waals surface area (Å²) in [6.45, 7) is 13.8. The van der Waals surface area contributed by atoms with Gasteiger partial charge in [-0.3, -0.25) is 19.4 Å². The summed E-state index contributed by atoms with van der Waals surface area (Å²) in [7, 11) is 0. The first-order chi connectivity index (χ1) is 17.2. The zero-order valence-electron chi connectivity index (χ0n) is 21.8. The number of hydrogen-bond acceptors (Lipinski definition) is 7. The summed E-state index contributed by atoms with van der Waals surface area (Å²) in [5.74, 6) is 0.276. The molecule has 36 heavy (non-hydrogen) atoms. The Hall–Kier alpha value is -2.03. The Morgan fingerprint density at radius 1 is 0.694 bits per heavy atom. The standard InChI is InChI=1S/C29H36N2O4S/c1-28(2,30-9-13-34-14-10-30)26(32)20-5-7-24-22(17-20)19-23-18-21(6-8-25(23)36-24)27(33)29(3,4)31-11-15-35-16-12-31/h5-8,17-18H,9-16,19H2,1-4H3. The summed E-state index contributed by atoms with van der Waals surface area (Å²) in [5, 5.41) is 0. The third-order valence-corrected chi connectivity index (χ3v) is 9.20. The Balaban J connectivity index is 1.37. The number of rotatable bonds is 6. The maximum Gasteiger partial charge on any atom is 0.182 e. The molecule has 0 unspecified atom stereocenters. The first kappa shape index (κ1) is 25.6. The molecule has 0 bridgehead atoms. The predicted molar refractivity (Wildman–Crippen MR) is 141 cm³/mol. The van der Waals surface area contributed by atoms with E-state index < -0.39 is 11.1 Å². The molecule has 2 fully saturated rings. The fourth-order valence-corrected chi connectivity index (χ4v) is 6.51. The molecule has 3 heterocycles. The van der Waals surface area contributed by atoms with Gasteiger partial charge in [0.05, 0.1) is 37.5 Å². The van der Waals surface area contributed by atoms with E-state index in [0.29, 0.717) is 26.4 Å². The number of ether oxygens (including phenoxy) is 2. The van der Waals surface area contributed by atoms with Gasteiger partial charge in [-0.2, -0.15) is 0 Å². The van der Waals surface area contributed by atoms with Crippen molar-refractivity contribution in [2.24, 2.45) is 0 Å². The zero-order chi connectivity index (χ0) is 25.5. The van der Waals surface area contributed by atoms with E-state index >= 15 is 0 Å². The van der Waals surface area contributed by atoms with Crippen LogP contribution in [0.4, 0.5) is 0 Å².